The molecule has 0 aliphatic heterocycles. The highest BCUT2D eigenvalue weighted by molar-refractivity contribution is 5.97. The molecule has 0 heterocycles. The van der Waals surface area contributed by atoms with Crippen LogP contribution in [0.25, 0.3) is 0 Å². The van der Waals surface area contributed by atoms with Crippen molar-refractivity contribution in [1.29, 1.82) is 5.26 Å². The molecule has 1 aromatic carbocycles. The Morgan fingerprint density at radius 3 is 2.33 bits per heavy atom. The smallest absolute Gasteiger partial charge is 0.263 e. The summed E-state index contributed by atoms with van der Waals surface area (Å²) in [5.74, 6) is 2.38. The Morgan fingerprint density at radius 1 is 1.19 bits per heavy atom. The standard InChI is InChI=1S/C23H29N3O/c1-16(23-10-18-7-19(11-23)9-20(8-18)12-23)25-15-21(13-24)22(27)26-14-17-5-3-2-4-6-17/h2-6,15-16,18-20,25H,7-12,14H2,1H3,(H,26,27)/b21-15-. The lowest BCUT2D eigenvalue weighted by Crippen LogP contribution is -2.54. The van der Waals surface area contributed by atoms with E-state index in [1.165, 1.54) is 38.5 Å². The monoisotopic (exact) mass is 363 g/mol. The second kappa shape index (κ2) is 7.38. The van der Waals surface area contributed by atoms with Crippen molar-refractivity contribution in [3.8, 4) is 6.07 Å². The van der Waals surface area contributed by atoms with Crippen molar-refractivity contribution in [1.82, 2.24) is 10.6 Å². The molecule has 0 aromatic heterocycles. The number of nitriles is 1. The van der Waals surface area contributed by atoms with Gasteiger partial charge in [0.2, 0.25) is 0 Å². The summed E-state index contributed by atoms with van der Waals surface area (Å²) in [4.78, 5) is 12.4. The number of nitrogens with zero attached hydrogens (tertiary/aromatic N) is 1. The van der Waals surface area contributed by atoms with Gasteiger partial charge in [0.05, 0.1) is 0 Å². The summed E-state index contributed by atoms with van der Waals surface area (Å²) >= 11 is 0. The minimum Gasteiger partial charge on any atom is -0.387 e. The number of amides is 1. The first kappa shape index (κ1) is 18.1. The Labute approximate surface area is 162 Å². The summed E-state index contributed by atoms with van der Waals surface area (Å²) in [7, 11) is 0. The number of rotatable bonds is 6. The van der Waals surface area contributed by atoms with E-state index < -0.39 is 0 Å². The van der Waals surface area contributed by atoms with Crippen molar-refractivity contribution >= 4 is 5.91 Å². The van der Waals surface area contributed by atoms with E-state index in [0.717, 1.165) is 23.3 Å². The van der Waals surface area contributed by atoms with Crippen LogP contribution in [0.3, 0.4) is 0 Å². The zero-order valence-corrected chi connectivity index (χ0v) is 16.1. The molecule has 142 valence electrons. The highest BCUT2D eigenvalue weighted by atomic mass is 16.1. The minimum absolute atomic E-state index is 0.155. The van der Waals surface area contributed by atoms with Gasteiger partial charge < -0.3 is 10.6 Å². The second-order valence-corrected chi connectivity index (χ2v) is 9.01. The SMILES string of the molecule is CC(N/C=C(/C#N)C(=O)NCc1ccccc1)C12CC3CC(CC(C3)C1)C2. The maximum Gasteiger partial charge on any atom is 0.263 e. The third-order valence-electron chi connectivity index (χ3n) is 7.14. The van der Waals surface area contributed by atoms with Crippen LogP contribution in [0, 0.1) is 34.5 Å². The molecule has 4 aliphatic carbocycles. The van der Waals surface area contributed by atoms with Gasteiger partial charge in [-0.1, -0.05) is 30.3 Å². The maximum absolute atomic E-state index is 12.4. The van der Waals surface area contributed by atoms with Crippen LogP contribution in [0.5, 0.6) is 0 Å². The van der Waals surface area contributed by atoms with Crippen molar-refractivity contribution in [3.63, 3.8) is 0 Å². The number of hydrogen-bond donors (Lipinski definition) is 2. The van der Waals surface area contributed by atoms with Crippen LogP contribution >= 0.6 is 0 Å². The molecule has 1 unspecified atom stereocenters. The van der Waals surface area contributed by atoms with E-state index in [9.17, 15) is 10.1 Å². The van der Waals surface area contributed by atoms with Gasteiger partial charge in [0.1, 0.15) is 11.6 Å². The number of carbonyl (C=O) groups excluding carboxylic acids is 1. The molecule has 4 bridgehead atoms. The van der Waals surface area contributed by atoms with Gasteiger partial charge in [-0.2, -0.15) is 5.26 Å². The van der Waals surface area contributed by atoms with Gasteiger partial charge in [0.15, 0.2) is 0 Å². The average molecular weight is 364 g/mol. The maximum atomic E-state index is 12.4. The topological polar surface area (TPSA) is 64.9 Å². The van der Waals surface area contributed by atoms with Crippen LogP contribution in [-0.2, 0) is 11.3 Å². The average Bonchev–Trinajstić information content (AvgIpc) is 2.66. The summed E-state index contributed by atoms with van der Waals surface area (Å²) in [5, 5.41) is 15.7. The minimum atomic E-state index is -0.313. The molecular formula is C23H29N3O. The quantitative estimate of drug-likeness (QED) is 0.595. The fraction of sp³-hybridized carbons (Fsp3) is 0.565. The predicted octanol–water partition coefficient (Wildman–Crippen LogP) is 3.90. The highest BCUT2D eigenvalue weighted by Gasteiger charge is 2.52. The number of hydrogen-bond acceptors (Lipinski definition) is 3. The van der Waals surface area contributed by atoms with E-state index in [2.05, 4.69) is 23.6 Å². The number of benzene rings is 1. The van der Waals surface area contributed by atoms with E-state index in [4.69, 9.17) is 0 Å². The fourth-order valence-corrected chi connectivity index (χ4v) is 6.12. The van der Waals surface area contributed by atoms with Crippen LogP contribution in [0.2, 0.25) is 0 Å². The third-order valence-corrected chi connectivity index (χ3v) is 7.14. The van der Waals surface area contributed by atoms with Crippen LogP contribution in [0.1, 0.15) is 51.0 Å². The molecule has 1 amide bonds. The van der Waals surface area contributed by atoms with Gasteiger partial charge in [-0.15, -0.1) is 0 Å². The van der Waals surface area contributed by atoms with Crippen molar-refractivity contribution in [2.45, 2.75) is 58.0 Å². The lowest BCUT2D eigenvalue weighted by atomic mass is 9.48. The fourth-order valence-electron chi connectivity index (χ4n) is 6.12. The molecule has 5 rings (SSSR count). The summed E-state index contributed by atoms with van der Waals surface area (Å²) in [5.41, 5.74) is 1.53. The van der Waals surface area contributed by atoms with E-state index in [0.29, 0.717) is 18.0 Å². The van der Waals surface area contributed by atoms with Crippen molar-refractivity contribution in [3.05, 3.63) is 47.7 Å². The van der Waals surface area contributed by atoms with E-state index >= 15 is 0 Å². The Balaban J connectivity index is 1.37. The molecule has 4 saturated carbocycles. The molecule has 4 aliphatic rings. The summed E-state index contributed by atoms with van der Waals surface area (Å²) < 4.78 is 0. The van der Waals surface area contributed by atoms with Crippen molar-refractivity contribution in [2.24, 2.45) is 23.2 Å². The van der Waals surface area contributed by atoms with Gasteiger partial charge in [0, 0.05) is 18.8 Å². The zero-order chi connectivity index (χ0) is 18.9. The number of carbonyl (C=O) groups is 1. The first-order chi connectivity index (χ1) is 13.1. The van der Waals surface area contributed by atoms with E-state index in [-0.39, 0.29) is 11.5 Å². The second-order valence-electron chi connectivity index (χ2n) is 9.01. The summed E-state index contributed by atoms with van der Waals surface area (Å²) in [6.45, 7) is 2.67. The lowest BCUT2D eigenvalue weighted by molar-refractivity contribution is -0.117. The van der Waals surface area contributed by atoms with Gasteiger partial charge in [0.25, 0.3) is 5.91 Å². The van der Waals surface area contributed by atoms with Crippen LogP contribution in [-0.4, -0.2) is 11.9 Å². The van der Waals surface area contributed by atoms with Crippen molar-refractivity contribution in [2.75, 3.05) is 0 Å². The Hall–Kier alpha value is -2.28. The van der Waals surface area contributed by atoms with Crippen LogP contribution in [0.4, 0.5) is 0 Å². The molecule has 4 heteroatoms. The number of nitrogens with one attached hydrogen (secondary N) is 2. The van der Waals surface area contributed by atoms with Gasteiger partial charge in [-0.05, 0) is 74.2 Å². The van der Waals surface area contributed by atoms with Gasteiger partial charge in [-0.25, -0.2) is 0 Å². The first-order valence-corrected chi connectivity index (χ1v) is 10.3. The molecule has 27 heavy (non-hydrogen) atoms. The van der Waals surface area contributed by atoms with Crippen LogP contribution < -0.4 is 10.6 Å². The van der Waals surface area contributed by atoms with Crippen LogP contribution in [0.15, 0.2) is 42.1 Å². The molecule has 1 atom stereocenters. The molecule has 4 nitrogen and oxygen atoms in total. The Kier molecular flexibility index (Phi) is 4.95. The molecule has 2 N–H and O–H groups in total. The first-order valence-electron chi connectivity index (χ1n) is 10.3. The van der Waals surface area contributed by atoms with Gasteiger partial charge >= 0.3 is 0 Å². The zero-order valence-electron chi connectivity index (χ0n) is 16.1. The molecule has 0 spiro atoms. The normalized spacial score (nSPS) is 32.6. The third kappa shape index (κ3) is 3.74. The lowest BCUT2D eigenvalue weighted by Gasteiger charge is -2.59. The van der Waals surface area contributed by atoms with Gasteiger partial charge in [-0.3, -0.25) is 4.79 Å². The molecule has 0 saturated heterocycles. The summed E-state index contributed by atoms with van der Waals surface area (Å²) in [6, 6.07) is 12.1. The summed E-state index contributed by atoms with van der Waals surface area (Å²) in [6.07, 6.45) is 9.84. The molecule has 0 radical (unpaired) electrons. The van der Waals surface area contributed by atoms with E-state index in [1.807, 2.05) is 30.3 Å². The molecular weight excluding hydrogens is 334 g/mol. The largest absolute Gasteiger partial charge is 0.387 e. The van der Waals surface area contributed by atoms with Crippen molar-refractivity contribution < 1.29 is 4.79 Å². The molecule has 4 fully saturated rings. The Morgan fingerprint density at radius 2 is 1.78 bits per heavy atom. The Bertz CT molecular complexity index is 726. The molecule has 1 aromatic rings. The van der Waals surface area contributed by atoms with E-state index in [1.54, 1.807) is 6.20 Å². The predicted molar refractivity (Wildman–Crippen MR) is 105 cm³/mol. The highest BCUT2D eigenvalue weighted by Crippen LogP contribution is 2.61.